The molecule has 1 N–H and O–H groups in total. The number of fused-ring (bicyclic) bond motifs is 3. The minimum atomic E-state index is 0.374. The van der Waals surface area contributed by atoms with Gasteiger partial charge in [0.25, 0.3) is 0 Å². The van der Waals surface area contributed by atoms with Gasteiger partial charge in [0.1, 0.15) is 0 Å². The van der Waals surface area contributed by atoms with Gasteiger partial charge in [0.15, 0.2) is 12.4 Å². The highest BCUT2D eigenvalue weighted by Crippen LogP contribution is 2.49. The molecule has 0 bridgehead atoms. The second kappa shape index (κ2) is 8.52. The van der Waals surface area contributed by atoms with E-state index in [0.29, 0.717) is 12.0 Å². The van der Waals surface area contributed by atoms with Gasteiger partial charge in [0, 0.05) is 18.1 Å². The molecule has 1 aromatic heterocycles. The Hall–Kier alpha value is -1.74. The van der Waals surface area contributed by atoms with E-state index < -0.39 is 0 Å². The van der Waals surface area contributed by atoms with Crippen LogP contribution in [0, 0.1) is 23.7 Å². The molecule has 5 atom stereocenters. The van der Waals surface area contributed by atoms with Crippen LogP contribution in [0.1, 0.15) is 44.6 Å². The number of rotatable bonds is 5. The summed E-state index contributed by atoms with van der Waals surface area (Å²) in [6.07, 6.45) is 24.9. The third-order valence-electron chi connectivity index (χ3n) is 6.37. The van der Waals surface area contributed by atoms with Crippen molar-refractivity contribution in [3.05, 3.63) is 72.0 Å². The number of allylic oxidation sites excluding steroid dienone is 6. The SMILES string of the molecule is CC(C/C=C\S)N[n+]1ccc(C2=CC3CCC=CC3C3CCC=CC23)cc1. The van der Waals surface area contributed by atoms with E-state index >= 15 is 0 Å². The van der Waals surface area contributed by atoms with Gasteiger partial charge in [-0.2, -0.15) is 18.1 Å². The van der Waals surface area contributed by atoms with Crippen molar-refractivity contribution in [2.24, 2.45) is 23.7 Å². The van der Waals surface area contributed by atoms with Gasteiger partial charge in [-0.3, -0.25) is 0 Å². The molecule has 3 aliphatic carbocycles. The van der Waals surface area contributed by atoms with E-state index in [4.69, 9.17) is 0 Å². The molecule has 2 nitrogen and oxygen atoms in total. The first kappa shape index (κ1) is 18.6. The average Bonchev–Trinajstić information content (AvgIpc) is 2.72. The number of aromatic nitrogens is 1. The number of hydrogen-bond donors (Lipinski definition) is 2. The predicted molar refractivity (Wildman–Crippen MR) is 117 cm³/mol. The Bertz CT molecular complexity index is 759. The fraction of sp³-hybridized carbons (Fsp3) is 0.458. The summed E-state index contributed by atoms with van der Waals surface area (Å²) in [5.41, 5.74) is 6.42. The van der Waals surface area contributed by atoms with Crippen LogP contribution in [0.15, 0.2) is 66.4 Å². The van der Waals surface area contributed by atoms with Crippen LogP contribution >= 0.6 is 12.6 Å². The highest BCUT2D eigenvalue weighted by molar-refractivity contribution is 7.83. The summed E-state index contributed by atoms with van der Waals surface area (Å²) in [6.45, 7) is 2.19. The topological polar surface area (TPSA) is 15.9 Å². The maximum Gasteiger partial charge on any atom is 0.200 e. The minimum absolute atomic E-state index is 0.374. The Balaban J connectivity index is 1.56. The smallest absolute Gasteiger partial charge is 0.190 e. The first-order chi connectivity index (χ1) is 13.3. The zero-order valence-corrected chi connectivity index (χ0v) is 17.1. The Kier molecular flexibility index (Phi) is 5.87. The lowest BCUT2D eigenvalue weighted by atomic mass is 9.61. The van der Waals surface area contributed by atoms with E-state index in [9.17, 15) is 0 Å². The van der Waals surface area contributed by atoms with Crippen molar-refractivity contribution < 1.29 is 4.68 Å². The largest absolute Gasteiger partial charge is 0.200 e. The predicted octanol–water partition coefficient (Wildman–Crippen LogP) is 5.30. The molecule has 0 spiro atoms. The van der Waals surface area contributed by atoms with Gasteiger partial charge in [0.05, 0.1) is 6.04 Å². The van der Waals surface area contributed by atoms with E-state index in [0.717, 1.165) is 24.2 Å². The van der Waals surface area contributed by atoms with Gasteiger partial charge in [0.2, 0.25) is 0 Å². The van der Waals surface area contributed by atoms with Crippen molar-refractivity contribution in [2.45, 2.75) is 45.1 Å². The van der Waals surface area contributed by atoms with Crippen LogP contribution in [0.3, 0.4) is 0 Å². The molecule has 5 unspecified atom stereocenters. The van der Waals surface area contributed by atoms with E-state index in [1.54, 1.807) is 5.57 Å². The first-order valence-corrected chi connectivity index (χ1v) is 10.9. The number of pyridine rings is 1. The molecule has 0 aromatic carbocycles. The Labute approximate surface area is 169 Å². The molecular weight excluding hydrogens is 348 g/mol. The van der Waals surface area contributed by atoms with Crippen molar-refractivity contribution >= 4 is 18.2 Å². The molecule has 0 saturated carbocycles. The van der Waals surface area contributed by atoms with E-state index in [1.807, 2.05) is 5.41 Å². The molecule has 0 saturated heterocycles. The van der Waals surface area contributed by atoms with Crippen LogP contribution in [0.5, 0.6) is 0 Å². The average molecular weight is 380 g/mol. The summed E-state index contributed by atoms with van der Waals surface area (Å²) in [5, 5.41) is 1.81. The zero-order chi connectivity index (χ0) is 18.6. The van der Waals surface area contributed by atoms with Crippen LogP contribution in [0.4, 0.5) is 0 Å². The molecule has 27 heavy (non-hydrogen) atoms. The summed E-state index contributed by atoms with van der Waals surface area (Å²) < 4.78 is 2.07. The van der Waals surface area contributed by atoms with Crippen molar-refractivity contribution in [1.29, 1.82) is 0 Å². The van der Waals surface area contributed by atoms with Gasteiger partial charge >= 0.3 is 0 Å². The summed E-state index contributed by atoms with van der Waals surface area (Å²) in [7, 11) is 0. The molecule has 1 heterocycles. The fourth-order valence-electron chi connectivity index (χ4n) is 5.06. The number of thiol groups is 1. The van der Waals surface area contributed by atoms with Gasteiger partial charge in [-0.15, -0.1) is 0 Å². The highest BCUT2D eigenvalue weighted by Gasteiger charge is 2.39. The summed E-state index contributed by atoms with van der Waals surface area (Å²) >= 11 is 4.13. The third kappa shape index (κ3) is 4.08. The van der Waals surface area contributed by atoms with E-state index in [2.05, 4.69) is 90.6 Å². The lowest BCUT2D eigenvalue weighted by Gasteiger charge is -2.43. The molecule has 3 heteroatoms. The number of nitrogens with zero attached hydrogens (tertiary/aromatic N) is 1. The monoisotopic (exact) mass is 379 g/mol. The van der Waals surface area contributed by atoms with E-state index in [1.165, 1.54) is 31.2 Å². The molecule has 142 valence electrons. The quantitative estimate of drug-likeness (QED) is 0.403. The van der Waals surface area contributed by atoms with Gasteiger partial charge < -0.3 is 0 Å². The molecule has 0 aliphatic heterocycles. The van der Waals surface area contributed by atoms with Crippen LogP contribution in [0.2, 0.25) is 0 Å². The van der Waals surface area contributed by atoms with Crippen LogP contribution in [-0.2, 0) is 0 Å². The van der Waals surface area contributed by atoms with Crippen LogP contribution in [0.25, 0.3) is 5.57 Å². The van der Waals surface area contributed by atoms with Gasteiger partial charge in [-0.25, -0.2) is 0 Å². The van der Waals surface area contributed by atoms with Crippen molar-refractivity contribution in [1.82, 2.24) is 0 Å². The molecule has 0 radical (unpaired) electrons. The van der Waals surface area contributed by atoms with Crippen LogP contribution in [-0.4, -0.2) is 6.04 Å². The molecule has 3 aliphatic rings. The lowest BCUT2D eigenvalue weighted by Crippen LogP contribution is -2.48. The molecule has 4 rings (SSSR count). The second-order valence-electron chi connectivity index (χ2n) is 8.21. The van der Waals surface area contributed by atoms with Crippen molar-refractivity contribution in [3.63, 3.8) is 0 Å². The standard InChI is InChI=1S/C24H30N2S/c1-18(7-6-16-27)25-26-14-12-19(13-15-26)24-17-20-8-2-3-9-21(20)22-10-4-5-11-23(22)24/h3,5-6,9,11-18,20-23,25H,2,4,7-8,10H2,1H3/p+1/b16-6-. The van der Waals surface area contributed by atoms with Crippen molar-refractivity contribution in [3.8, 4) is 0 Å². The maximum absolute atomic E-state index is 4.13. The Morgan fingerprint density at radius 2 is 1.96 bits per heavy atom. The number of nitrogens with one attached hydrogen (secondary N) is 1. The van der Waals surface area contributed by atoms with Gasteiger partial charge in [-0.05, 0) is 73.3 Å². The molecule has 0 fully saturated rings. The normalized spacial score (nSPS) is 30.5. The molecular formula is C24H31N2S+. The second-order valence-corrected chi connectivity index (χ2v) is 8.51. The summed E-state index contributed by atoms with van der Waals surface area (Å²) in [6, 6.07) is 4.93. The summed E-state index contributed by atoms with van der Waals surface area (Å²) in [4.78, 5) is 0. The number of hydrogen-bond acceptors (Lipinski definition) is 2. The van der Waals surface area contributed by atoms with Gasteiger partial charge in [-0.1, -0.05) is 41.1 Å². The maximum atomic E-state index is 4.13. The first-order valence-electron chi connectivity index (χ1n) is 10.4. The third-order valence-corrected chi connectivity index (χ3v) is 6.58. The molecule has 0 amide bonds. The Morgan fingerprint density at radius 3 is 2.78 bits per heavy atom. The van der Waals surface area contributed by atoms with E-state index in [-0.39, 0.29) is 0 Å². The lowest BCUT2D eigenvalue weighted by molar-refractivity contribution is -0.653. The van der Waals surface area contributed by atoms with Crippen LogP contribution < -0.4 is 10.1 Å². The fourth-order valence-corrected chi connectivity index (χ4v) is 5.18. The zero-order valence-electron chi connectivity index (χ0n) is 16.2. The Morgan fingerprint density at radius 1 is 1.19 bits per heavy atom. The summed E-state index contributed by atoms with van der Waals surface area (Å²) in [5.74, 6) is 2.81. The molecule has 1 aromatic rings. The van der Waals surface area contributed by atoms with Crippen molar-refractivity contribution in [2.75, 3.05) is 5.43 Å². The highest BCUT2D eigenvalue weighted by atomic mass is 32.1. The minimum Gasteiger partial charge on any atom is -0.190 e.